The first-order valence-corrected chi connectivity index (χ1v) is 9.35. The average molecular weight is 422 g/mol. The van der Waals surface area contributed by atoms with Crippen LogP contribution in [0, 0.1) is 17.1 Å². The van der Waals surface area contributed by atoms with E-state index in [1.807, 2.05) is 32.0 Å². The highest BCUT2D eigenvalue weighted by Crippen LogP contribution is 2.29. The highest BCUT2D eigenvalue weighted by Gasteiger charge is 2.25. The fourth-order valence-corrected chi connectivity index (χ4v) is 1.98. The van der Waals surface area contributed by atoms with E-state index in [4.69, 9.17) is 20.6 Å². The molecule has 1 aromatic rings. The highest BCUT2D eigenvalue weighted by atomic mass is 32.2. The minimum absolute atomic E-state index is 0.114. The van der Waals surface area contributed by atoms with Crippen molar-refractivity contribution < 1.29 is 19.7 Å². The maximum atomic E-state index is 13.7. The third kappa shape index (κ3) is 19.7. The lowest BCUT2D eigenvalue weighted by molar-refractivity contribution is -0.306. The van der Waals surface area contributed by atoms with E-state index in [9.17, 15) is 4.39 Å². The van der Waals surface area contributed by atoms with Gasteiger partial charge >= 0.3 is 6.10 Å². The number of rotatable bonds is 3. The molecule has 27 heavy (non-hydrogen) atoms. The predicted octanol–water partition coefficient (Wildman–Crippen LogP) is 2.85. The fourth-order valence-electron chi connectivity index (χ4n) is 1.30. The van der Waals surface area contributed by atoms with Gasteiger partial charge in [0.1, 0.15) is 5.82 Å². The smallest absolute Gasteiger partial charge is 0.330 e. The lowest BCUT2D eigenvalue weighted by Crippen LogP contribution is -2.38. The fraction of sp³-hybridized carbons (Fsp3) is 0.611. The zero-order chi connectivity index (χ0) is 22.1. The maximum Gasteiger partial charge on any atom is 0.340 e. The van der Waals surface area contributed by atoms with Crippen LogP contribution in [-0.2, 0) is 5.54 Å². The van der Waals surface area contributed by atoms with Crippen molar-refractivity contribution in [2.75, 3.05) is 0 Å². The molecule has 0 heterocycles. The Hall–Kier alpha value is -0.860. The summed E-state index contributed by atoms with van der Waals surface area (Å²) in [7, 11) is 0. The number of hydrogen-bond acceptors (Lipinski definition) is 8. The lowest BCUT2D eigenvalue weighted by Gasteiger charge is -2.30. The summed E-state index contributed by atoms with van der Waals surface area (Å²) in [6.45, 7) is 13.9. The number of hydrogen-bond donors (Lipinski definition) is 6. The van der Waals surface area contributed by atoms with Gasteiger partial charge in [-0.1, -0.05) is 30.1 Å². The van der Waals surface area contributed by atoms with Gasteiger partial charge in [-0.25, -0.2) is 4.39 Å². The van der Waals surface area contributed by atoms with Crippen LogP contribution in [0.4, 0.5) is 4.39 Å². The number of nitriles is 1. The van der Waals surface area contributed by atoms with Crippen LogP contribution in [0.1, 0.15) is 54.0 Å². The zero-order valence-corrected chi connectivity index (χ0v) is 18.6. The molecular weight excluding hydrogens is 389 g/mol. The predicted molar refractivity (Wildman–Crippen MR) is 112 cm³/mol. The molecule has 0 fully saturated rings. The van der Waals surface area contributed by atoms with E-state index >= 15 is 0 Å². The van der Waals surface area contributed by atoms with E-state index in [1.165, 1.54) is 6.07 Å². The van der Waals surface area contributed by atoms with Gasteiger partial charge in [0, 0.05) is 10.3 Å². The number of benzene rings is 1. The Morgan fingerprint density at radius 2 is 1.44 bits per heavy atom. The normalized spacial score (nSPS) is 12.1. The molecule has 0 saturated heterocycles. The second-order valence-electron chi connectivity index (χ2n) is 7.78. The highest BCUT2D eigenvalue weighted by molar-refractivity contribution is 7.98. The monoisotopic (exact) mass is 421 g/mol. The van der Waals surface area contributed by atoms with Crippen molar-refractivity contribution in [1.29, 1.82) is 5.26 Å². The molecule has 156 valence electrons. The van der Waals surface area contributed by atoms with Crippen LogP contribution in [-0.4, -0.2) is 30.9 Å². The van der Waals surface area contributed by atoms with Crippen LogP contribution in [0.15, 0.2) is 24.3 Å². The Balaban J connectivity index is 0. The summed E-state index contributed by atoms with van der Waals surface area (Å²) in [4.78, 5) is 0. The molecule has 0 aromatic heterocycles. The maximum absolute atomic E-state index is 13.7. The van der Waals surface area contributed by atoms with Crippen molar-refractivity contribution in [2.45, 2.75) is 69.6 Å². The van der Waals surface area contributed by atoms with Crippen molar-refractivity contribution >= 4 is 24.6 Å². The minimum atomic E-state index is -3.00. The van der Waals surface area contributed by atoms with Gasteiger partial charge in [0.15, 0.2) is 0 Å². The summed E-state index contributed by atoms with van der Waals surface area (Å²) in [5.74, 6) is -0.158. The van der Waals surface area contributed by atoms with E-state index < -0.39 is 10.8 Å². The largest absolute Gasteiger partial charge is 0.340 e. The minimum Gasteiger partial charge on any atom is -0.330 e. The third-order valence-corrected chi connectivity index (χ3v) is 3.76. The average Bonchev–Trinajstić information content (AvgIpc) is 2.43. The first-order chi connectivity index (χ1) is 11.8. The first kappa shape index (κ1) is 28.4. The molecule has 1 aromatic carbocycles. The number of thiol groups is 1. The van der Waals surface area contributed by atoms with E-state index in [0.29, 0.717) is 5.56 Å². The van der Waals surface area contributed by atoms with Gasteiger partial charge in [0.2, 0.25) is 0 Å². The zero-order valence-electron chi connectivity index (χ0n) is 16.9. The van der Waals surface area contributed by atoms with Crippen LogP contribution in [0.25, 0.3) is 0 Å². The number of nitrogens with one attached hydrogen (secondary N) is 1. The molecule has 9 heteroatoms. The topological polar surface area (TPSA) is 123 Å². The Kier molecular flexibility index (Phi) is 11.8. The quantitative estimate of drug-likeness (QED) is 0.252. The molecular formula is C18H32FN3O3S2. The molecule has 0 amide bonds. The van der Waals surface area contributed by atoms with E-state index in [-0.39, 0.29) is 16.1 Å². The molecule has 0 aliphatic heterocycles. The summed E-state index contributed by atoms with van der Waals surface area (Å²) in [5, 5.41) is 30.3. The molecule has 6 nitrogen and oxygen atoms in total. The molecule has 0 atom stereocenters. The second kappa shape index (κ2) is 11.2. The van der Waals surface area contributed by atoms with Crippen molar-refractivity contribution in [3.8, 4) is 6.07 Å². The van der Waals surface area contributed by atoms with Crippen LogP contribution < -0.4 is 10.5 Å². The van der Waals surface area contributed by atoms with Crippen LogP contribution in [0.2, 0.25) is 0 Å². The van der Waals surface area contributed by atoms with Gasteiger partial charge in [-0.15, -0.1) is 0 Å². The molecule has 0 spiro atoms. The molecule has 0 bridgehead atoms. The van der Waals surface area contributed by atoms with Gasteiger partial charge in [0.25, 0.3) is 0 Å². The van der Waals surface area contributed by atoms with Crippen molar-refractivity contribution in [2.24, 2.45) is 5.73 Å². The van der Waals surface area contributed by atoms with Crippen LogP contribution in [0.3, 0.4) is 0 Å². The first-order valence-electron chi connectivity index (χ1n) is 8.08. The second-order valence-corrected chi connectivity index (χ2v) is 10.5. The molecule has 0 radical (unpaired) electrons. The molecule has 0 saturated carbocycles. The molecule has 0 aliphatic carbocycles. The Morgan fingerprint density at radius 1 is 1.07 bits per heavy atom. The SMILES string of the molecule is CC(C)(C)SNC(C)(C)c1ccccc1F.CC(C)(S)C#N.NC(O)(O)O. The van der Waals surface area contributed by atoms with E-state index in [1.54, 1.807) is 31.9 Å². The molecule has 1 rings (SSSR count). The number of nitrogens with two attached hydrogens (primary N) is 1. The summed E-state index contributed by atoms with van der Waals surface area (Å²) in [6, 6.07) is 8.87. The third-order valence-electron chi connectivity index (χ3n) is 2.43. The van der Waals surface area contributed by atoms with Gasteiger partial charge in [-0.3, -0.25) is 10.5 Å². The molecule has 6 N–H and O–H groups in total. The van der Waals surface area contributed by atoms with Gasteiger partial charge in [-0.2, -0.15) is 17.9 Å². The Morgan fingerprint density at radius 3 is 1.74 bits per heavy atom. The van der Waals surface area contributed by atoms with Crippen molar-refractivity contribution in [3.63, 3.8) is 0 Å². The Labute approximate surface area is 171 Å². The number of halogens is 1. The summed E-state index contributed by atoms with van der Waals surface area (Å²) >= 11 is 5.52. The van der Waals surface area contributed by atoms with Crippen molar-refractivity contribution in [3.05, 3.63) is 35.6 Å². The number of nitrogens with zero attached hydrogens (tertiary/aromatic N) is 1. The van der Waals surface area contributed by atoms with E-state index in [2.05, 4.69) is 43.9 Å². The summed E-state index contributed by atoms with van der Waals surface area (Å²) in [6.07, 6.45) is -3.00. The van der Waals surface area contributed by atoms with Gasteiger partial charge in [-0.05, 0) is 54.5 Å². The standard InChI is InChI=1S/C13H20FNS.C4H7NS.CH5NO3/c1-12(2,3)16-15-13(4,5)10-8-6-7-9-11(10)14;1-4(2,6)3-5;2-1(3,4)5/h6-9,15H,1-5H3;6H,1-2H3;3-5H,2H2. The van der Waals surface area contributed by atoms with Crippen molar-refractivity contribution in [1.82, 2.24) is 4.72 Å². The Bertz CT molecular complexity index is 596. The van der Waals surface area contributed by atoms with Crippen LogP contribution >= 0.6 is 24.6 Å². The van der Waals surface area contributed by atoms with Gasteiger partial charge < -0.3 is 15.3 Å². The van der Waals surface area contributed by atoms with Crippen LogP contribution in [0.5, 0.6) is 0 Å². The van der Waals surface area contributed by atoms with E-state index in [0.717, 1.165) is 0 Å². The number of aliphatic hydroxyl groups is 3. The molecule has 0 unspecified atom stereocenters. The summed E-state index contributed by atoms with van der Waals surface area (Å²) < 4.78 is 16.6. The lowest BCUT2D eigenvalue weighted by atomic mass is 9.95. The summed E-state index contributed by atoms with van der Waals surface area (Å²) in [5.41, 5.74) is 4.35. The molecule has 0 aliphatic rings. The van der Waals surface area contributed by atoms with Gasteiger partial charge in [0.05, 0.1) is 16.4 Å².